The van der Waals surface area contributed by atoms with E-state index in [-0.39, 0.29) is 0 Å². The average Bonchev–Trinajstić information content (AvgIpc) is 3.94. The summed E-state index contributed by atoms with van der Waals surface area (Å²) in [6.45, 7) is 0. The Balaban J connectivity index is 1.07. The van der Waals surface area contributed by atoms with Crippen LogP contribution in [0.1, 0.15) is 11.1 Å². The predicted molar refractivity (Wildman–Crippen MR) is 221 cm³/mol. The van der Waals surface area contributed by atoms with Gasteiger partial charge in [-0.2, -0.15) is 0 Å². The van der Waals surface area contributed by atoms with E-state index in [9.17, 15) is 0 Å². The van der Waals surface area contributed by atoms with Crippen LogP contribution >= 0.6 is 22.7 Å². The van der Waals surface area contributed by atoms with Gasteiger partial charge in [0.05, 0.1) is 10.2 Å². The molecule has 0 spiro atoms. The van der Waals surface area contributed by atoms with Crippen molar-refractivity contribution in [1.29, 1.82) is 0 Å². The quantitative estimate of drug-likeness (QED) is 0.178. The molecule has 0 amide bonds. The van der Waals surface area contributed by atoms with Gasteiger partial charge in [-0.05, 0) is 70.1 Å². The van der Waals surface area contributed by atoms with Crippen LogP contribution in [-0.4, -0.2) is 19.9 Å². The molecule has 0 aliphatic heterocycles. The van der Waals surface area contributed by atoms with E-state index in [0.29, 0.717) is 17.5 Å². The average molecular weight is 713 g/mol. The van der Waals surface area contributed by atoms with Gasteiger partial charge >= 0.3 is 0 Å². The molecule has 0 atom stereocenters. The second-order valence-electron chi connectivity index (χ2n) is 13.4. The third-order valence-corrected chi connectivity index (χ3v) is 12.5. The smallest absolute Gasteiger partial charge is 0.164 e. The van der Waals surface area contributed by atoms with Gasteiger partial charge in [-0.1, -0.05) is 127 Å². The number of thiazole rings is 1. The molecule has 1 aliphatic carbocycles. The lowest BCUT2D eigenvalue weighted by atomic mass is 9.99. The normalized spacial score (nSPS) is 12.1. The fourth-order valence-electron chi connectivity index (χ4n) is 7.68. The number of nitrogens with zero attached hydrogens (tertiary/aromatic N) is 4. The highest BCUT2D eigenvalue weighted by atomic mass is 32.1. The fraction of sp³-hybridized carbons (Fsp3) is 0.0213. The molecule has 0 N–H and O–H groups in total. The van der Waals surface area contributed by atoms with Gasteiger partial charge in [0.2, 0.25) is 0 Å². The summed E-state index contributed by atoms with van der Waals surface area (Å²) in [5, 5.41) is 3.39. The summed E-state index contributed by atoms with van der Waals surface area (Å²) in [6.07, 6.45) is 0.949. The summed E-state index contributed by atoms with van der Waals surface area (Å²) in [5.41, 5.74) is 12.7. The summed E-state index contributed by atoms with van der Waals surface area (Å²) >= 11 is 3.56. The van der Waals surface area contributed by atoms with Crippen molar-refractivity contribution in [3.63, 3.8) is 0 Å². The Morgan fingerprint density at radius 3 is 2.00 bits per heavy atom. The highest BCUT2D eigenvalue weighted by Crippen LogP contribution is 2.45. The Hall–Kier alpha value is -6.34. The van der Waals surface area contributed by atoms with Crippen LogP contribution in [0, 0.1) is 0 Å². The van der Waals surface area contributed by atoms with Crippen molar-refractivity contribution in [2.45, 2.75) is 6.42 Å². The maximum Gasteiger partial charge on any atom is 0.164 e. The van der Waals surface area contributed by atoms with Crippen molar-refractivity contribution in [2.24, 2.45) is 0 Å². The third-order valence-electron chi connectivity index (χ3n) is 10.2. The minimum Gasteiger partial charge on any atom is -0.236 e. The van der Waals surface area contributed by atoms with E-state index >= 15 is 0 Å². The molecule has 248 valence electrons. The van der Waals surface area contributed by atoms with E-state index in [1.165, 1.54) is 52.9 Å². The zero-order valence-electron chi connectivity index (χ0n) is 28.3. The topological polar surface area (TPSA) is 51.6 Å². The van der Waals surface area contributed by atoms with E-state index in [1.54, 1.807) is 11.3 Å². The highest BCUT2D eigenvalue weighted by molar-refractivity contribution is 7.26. The first kappa shape index (κ1) is 30.3. The molecule has 53 heavy (non-hydrogen) atoms. The van der Waals surface area contributed by atoms with Gasteiger partial charge in [-0.25, -0.2) is 19.9 Å². The first-order chi connectivity index (χ1) is 26.2. The summed E-state index contributed by atoms with van der Waals surface area (Å²) in [6, 6.07) is 55.8. The van der Waals surface area contributed by atoms with Crippen molar-refractivity contribution in [3.8, 4) is 67.0 Å². The lowest BCUT2D eigenvalue weighted by molar-refractivity contribution is 1.08. The largest absolute Gasteiger partial charge is 0.236 e. The Morgan fingerprint density at radius 1 is 0.396 bits per heavy atom. The van der Waals surface area contributed by atoms with Crippen LogP contribution in [0.25, 0.3) is 97.4 Å². The number of rotatable bonds is 5. The van der Waals surface area contributed by atoms with Gasteiger partial charge in [0.1, 0.15) is 5.01 Å². The number of fused-ring (bicyclic) bond motifs is 7. The number of hydrogen-bond donors (Lipinski definition) is 0. The maximum atomic E-state index is 5.24. The second-order valence-corrected chi connectivity index (χ2v) is 15.5. The number of hydrogen-bond acceptors (Lipinski definition) is 6. The molecular formula is C47H28N4S2. The number of aromatic nitrogens is 4. The molecule has 7 aromatic carbocycles. The third kappa shape index (κ3) is 5.10. The summed E-state index contributed by atoms with van der Waals surface area (Å²) in [4.78, 5) is 20.4. The SMILES string of the molecule is c1ccc(-c2nc(-c3ccc4c(c3)-c3ccccc3C4)nc(-c3cccc4sc5c(-c6cccc(-c7nc8ccccc8s7)c6)cccc5c34)n2)cc1. The summed E-state index contributed by atoms with van der Waals surface area (Å²) in [7, 11) is 0. The molecule has 0 saturated carbocycles. The van der Waals surface area contributed by atoms with E-state index in [0.717, 1.165) is 44.6 Å². The summed E-state index contributed by atoms with van der Waals surface area (Å²) in [5.74, 6) is 2.00. The molecule has 0 saturated heterocycles. The van der Waals surface area contributed by atoms with Crippen LogP contribution in [0.3, 0.4) is 0 Å². The second kappa shape index (κ2) is 12.1. The molecule has 0 radical (unpaired) electrons. The Morgan fingerprint density at radius 2 is 1.08 bits per heavy atom. The van der Waals surface area contributed by atoms with Crippen LogP contribution in [0.5, 0.6) is 0 Å². The van der Waals surface area contributed by atoms with Crippen molar-refractivity contribution >= 4 is 53.1 Å². The van der Waals surface area contributed by atoms with Crippen molar-refractivity contribution in [2.75, 3.05) is 0 Å². The standard InChI is InChI=1S/C47H28N4S2/c1-2-11-28(12-3-1)44-49-45(32-24-23-31-25-29-13-4-5-16-34(29)38(31)27-32)51-46(50-44)37-19-10-22-41-42(37)36-18-9-17-35(43(36)52-41)30-14-8-15-33(26-30)47-48-39-20-6-7-21-40(39)53-47/h1-24,26-27H,25H2. The predicted octanol–water partition coefficient (Wildman–Crippen LogP) is 12.8. The van der Waals surface area contributed by atoms with Gasteiger partial charge in [0, 0.05) is 42.4 Å². The van der Waals surface area contributed by atoms with Gasteiger partial charge in [0.15, 0.2) is 17.5 Å². The maximum absolute atomic E-state index is 5.24. The summed E-state index contributed by atoms with van der Waals surface area (Å²) < 4.78 is 3.64. The van der Waals surface area contributed by atoms with Gasteiger partial charge in [-0.3, -0.25) is 0 Å². The molecule has 0 unspecified atom stereocenters. The van der Waals surface area contributed by atoms with Crippen LogP contribution in [-0.2, 0) is 6.42 Å². The van der Waals surface area contributed by atoms with Crippen LogP contribution in [0.4, 0.5) is 0 Å². The van der Waals surface area contributed by atoms with Crippen molar-refractivity contribution in [1.82, 2.24) is 19.9 Å². The molecule has 1 aliphatic rings. The Kier molecular flexibility index (Phi) is 6.93. The van der Waals surface area contributed by atoms with Gasteiger partial charge < -0.3 is 0 Å². The zero-order chi connectivity index (χ0) is 34.9. The van der Waals surface area contributed by atoms with Crippen LogP contribution < -0.4 is 0 Å². The van der Waals surface area contributed by atoms with E-state index in [2.05, 4.69) is 133 Å². The number of thiophene rings is 1. The highest BCUT2D eigenvalue weighted by Gasteiger charge is 2.22. The molecule has 6 heteroatoms. The van der Waals surface area contributed by atoms with E-state index in [1.807, 2.05) is 35.6 Å². The lowest BCUT2D eigenvalue weighted by Crippen LogP contribution is -2.00. The van der Waals surface area contributed by atoms with Crippen molar-refractivity contribution in [3.05, 3.63) is 169 Å². The van der Waals surface area contributed by atoms with E-state index in [4.69, 9.17) is 19.9 Å². The van der Waals surface area contributed by atoms with Gasteiger partial charge in [-0.15, -0.1) is 22.7 Å². The van der Waals surface area contributed by atoms with Gasteiger partial charge in [0.25, 0.3) is 0 Å². The molecule has 3 aromatic heterocycles. The number of para-hydroxylation sites is 1. The Labute approximate surface area is 313 Å². The number of benzene rings is 7. The molecule has 0 fully saturated rings. The molecule has 4 nitrogen and oxygen atoms in total. The lowest BCUT2D eigenvalue weighted by Gasteiger charge is -2.11. The molecular weight excluding hydrogens is 685 g/mol. The van der Waals surface area contributed by atoms with Crippen molar-refractivity contribution < 1.29 is 0 Å². The van der Waals surface area contributed by atoms with Crippen LogP contribution in [0.2, 0.25) is 0 Å². The van der Waals surface area contributed by atoms with Crippen LogP contribution in [0.15, 0.2) is 158 Å². The fourth-order valence-corrected chi connectivity index (χ4v) is 9.91. The molecule has 0 bridgehead atoms. The zero-order valence-corrected chi connectivity index (χ0v) is 30.0. The first-order valence-corrected chi connectivity index (χ1v) is 19.3. The molecule has 3 heterocycles. The molecule has 11 rings (SSSR count). The minimum atomic E-state index is 0.662. The monoisotopic (exact) mass is 712 g/mol. The molecule has 10 aromatic rings. The minimum absolute atomic E-state index is 0.662. The first-order valence-electron chi connectivity index (χ1n) is 17.7. The van der Waals surface area contributed by atoms with E-state index < -0.39 is 0 Å². The Bertz CT molecular complexity index is 3020.